The van der Waals surface area contributed by atoms with Gasteiger partial charge in [0.1, 0.15) is 0 Å². The Balaban J connectivity index is 2.22. The summed E-state index contributed by atoms with van der Waals surface area (Å²) in [7, 11) is 0. The largest absolute Gasteiger partial charge is 0.370 e. The average molecular weight is 320 g/mol. The van der Waals surface area contributed by atoms with E-state index in [1.54, 1.807) is 12.1 Å². The lowest BCUT2D eigenvalue weighted by Gasteiger charge is -2.07. The number of carbonyl (C=O) groups excluding carboxylic acids is 1. The molecule has 5 nitrogen and oxygen atoms in total. The number of hydrogen-bond acceptors (Lipinski definition) is 2. The topological polar surface area (TPSA) is 85.8 Å². The number of guanidine groups is 1. The quantitative estimate of drug-likeness (QED) is 0.430. The van der Waals surface area contributed by atoms with Crippen LogP contribution in [0.15, 0.2) is 52.8 Å². The van der Waals surface area contributed by atoms with Crippen LogP contribution in [0.2, 0.25) is 0 Å². The van der Waals surface area contributed by atoms with Gasteiger partial charge in [-0.2, -0.15) is 16.3 Å². The van der Waals surface area contributed by atoms with Crippen LogP contribution in [-0.4, -0.2) is 11.9 Å². The molecule has 23 heavy (non-hydrogen) atoms. The van der Waals surface area contributed by atoms with Crippen molar-refractivity contribution in [2.75, 3.05) is 0 Å². The standard InChI is InChI=1S/C17H12N4OS/c1-20-16-13(7-8-23-16)12-4-2-3-10-5-6-11(9-14(10)12)15(22)21-17(18)19/h2-9H,(H4,18,19,21,22). The molecule has 0 spiro atoms. The van der Waals surface area contributed by atoms with E-state index in [2.05, 4.69) is 9.84 Å². The first-order valence-electron chi connectivity index (χ1n) is 6.72. The number of benzene rings is 2. The second kappa shape index (κ2) is 5.91. The van der Waals surface area contributed by atoms with Crippen LogP contribution in [0.25, 0.3) is 26.7 Å². The van der Waals surface area contributed by atoms with Gasteiger partial charge < -0.3 is 11.5 Å². The van der Waals surface area contributed by atoms with E-state index in [-0.39, 0.29) is 5.96 Å². The highest BCUT2D eigenvalue weighted by atomic mass is 32.1. The number of rotatable bonds is 2. The summed E-state index contributed by atoms with van der Waals surface area (Å²) in [6.07, 6.45) is 0. The third-order valence-electron chi connectivity index (χ3n) is 3.40. The lowest BCUT2D eigenvalue weighted by molar-refractivity contribution is 0.100. The lowest BCUT2D eigenvalue weighted by atomic mass is 9.98. The molecule has 4 N–H and O–H groups in total. The van der Waals surface area contributed by atoms with E-state index in [9.17, 15) is 4.79 Å². The molecular formula is C17H12N4OS. The van der Waals surface area contributed by atoms with Crippen molar-refractivity contribution in [2.24, 2.45) is 16.5 Å². The Morgan fingerprint density at radius 2 is 1.96 bits per heavy atom. The number of amides is 1. The second-order valence-corrected chi connectivity index (χ2v) is 5.73. The van der Waals surface area contributed by atoms with Gasteiger partial charge in [-0.25, -0.2) is 4.85 Å². The van der Waals surface area contributed by atoms with E-state index in [4.69, 9.17) is 18.0 Å². The van der Waals surface area contributed by atoms with Crippen molar-refractivity contribution in [1.29, 1.82) is 0 Å². The molecule has 1 heterocycles. The fraction of sp³-hybridized carbons (Fsp3) is 0. The molecule has 0 aliphatic heterocycles. The molecule has 0 saturated carbocycles. The summed E-state index contributed by atoms with van der Waals surface area (Å²) in [5, 5.41) is 4.37. The van der Waals surface area contributed by atoms with Crippen molar-refractivity contribution >= 4 is 39.0 Å². The van der Waals surface area contributed by atoms with Crippen LogP contribution in [0.1, 0.15) is 10.4 Å². The fourth-order valence-electron chi connectivity index (χ4n) is 2.42. The number of aliphatic imine (C=N–C) groups is 1. The number of nitrogens with zero attached hydrogens (tertiary/aromatic N) is 2. The SMILES string of the molecule is [C-]#[N+]c1sccc1-c1cccc2ccc(C(=O)N=C(N)N)cc12. The predicted octanol–water partition coefficient (Wildman–Crippen LogP) is 3.53. The zero-order valence-corrected chi connectivity index (χ0v) is 12.8. The number of thiophene rings is 1. The summed E-state index contributed by atoms with van der Waals surface area (Å²) >= 11 is 1.40. The van der Waals surface area contributed by atoms with Crippen LogP contribution in [0, 0.1) is 6.57 Å². The minimum atomic E-state index is -0.488. The number of nitrogens with two attached hydrogens (primary N) is 2. The Morgan fingerprint density at radius 1 is 1.13 bits per heavy atom. The summed E-state index contributed by atoms with van der Waals surface area (Å²) < 4.78 is 0. The van der Waals surface area contributed by atoms with Gasteiger partial charge in [0.15, 0.2) is 5.96 Å². The highest BCUT2D eigenvalue weighted by Crippen LogP contribution is 2.39. The van der Waals surface area contributed by atoms with Gasteiger partial charge in [0.2, 0.25) is 5.00 Å². The maximum atomic E-state index is 12.0. The van der Waals surface area contributed by atoms with Crippen molar-refractivity contribution in [3.8, 4) is 11.1 Å². The van der Waals surface area contributed by atoms with Crippen LogP contribution >= 0.6 is 11.3 Å². The molecule has 0 fully saturated rings. The summed E-state index contributed by atoms with van der Waals surface area (Å²) in [6.45, 7) is 7.28. The summed E-state index contributed by atoms with van der Waals surface area (Å²) in [6, 6.07) is 13.0. The van der Waals surface area contributed by atoms with Crippen molar-refractivity contribution in [1.82, 2.24) is 0 Å². The maximum Gasteiger partial charge on any atom is 0.280 e. The first kappa shape index (κ1) is 14.8. The Hall–Kier alpha value is -3.17. The van der Waals surface area contributed by atoms with Crippen molar-refractivity contribution in [3.63, 3.8) is 0 Å². The normalized spacial score (nSPS) is 10.2. The van der Waals surface area contributed by atoms with Gasteiger partial charge in [-0.05, 0) is 39.4 Å². The molecule has 3 aromatic rings. The van der Waals surface area contributed by atoms with Gasteiger partial charge in [-0.1, -0.05) is 30.3 Å². The summed E-state index contributed by atoms with van der Waals surface area (Å²) in [5.74, 6) is -0.756. The van der Waals surface area contributed by atoms with Gasteiger partial charge in [0, 0.05) is 5.56 Å². The molecule has 0 saturated heterocycles. The maximum absolute atomic E-state index is 12.0. The predicted molar refractivity (Wildman–Crippen MR) is 93.7 cm³/mol. The van der Waals surface area contributed by atoms with Crippen LogP contribution in [0.5, 0.6) is 0 Å². The molecule has 1 amide bonds. The van der Waals surface area contributed by atoms with Crippen LogP contribution < -0.4 is 11.5 Å². The van der Waals surface area contributed by atoms with E-state index in [1.165, 1.54) is 11.3 Å². The van der Waals surface area contributed by atoms with E-state index in [0.29, 0.717) is 10.6 Å². The zero-order chi connectivity index (χ0) is 16.4. The summed E-state index contributed by atoms with van der Waals surface area (Å²) in [5.41, 5.74) is 12.7. The summed E-state index contributed by atoms with van der Waals surface area (Å²) in [4.78, 5) is 19.2. The molecule has 0 aliphatic carbocycles. The first-order valence-corrected chi connectivity index (χ1v) is 7.60. The van der Waals surface area contributed by atoms with Crippen LogP contribution in [-0.2, 0) is 0 Å². The van der Waals surface area contributed by atoms with E-state index >= 15 is 0 Å². The van der Waals surface area contributed by atoms with Crippen LogP contribution in [0.3, 0.4) is 0 Å². The Labute approximate surface area is 136 Å². The highest BCUT2D eigenvalue weighted by molar-refractivity contribution is 7.15. The molecule has 1 aromatic heterocycles. The van der Waals surface area contributed by atoms with E-state index < -0.39 is 5.91 Å². The Morgan fingerprint density at radius 3 is 2.70 bits per heavy atom. The van der Waals surface area contributed by atoms with Gasteiger partial charge >= 0.3 is 0 Å². The third kappa shape index (κ3) is 2.78. The number of hydrogen-bond donors (Lipinski definition) is 2. The van der Waals surface area contributed by atoms with Gasteiger partial charge in [-0.3, -0.25) is 4.79 Å². The molecule has 112 valence electrons. The molecule has 0 atom stereocenters. The molecule has 0 unspecified atom stereocenters. The fourth-order valence-corrected chi connectivity index (χ4v) is 3.11. The molecule has 6 heteroatoms. The van der Waals surface area contributed by atoms with Crippen molar-refractivity contribution < 1.29 is 4.79 Å². The number of carbonyl (C=O) groups is 1. The second-order valence-electron chi connectivity index (χ2n) is 4.83. The first-order chi connectivity index (χ1) is 11.1. The number of fused-ring (bicyclic) bond motifs is 1. The molecule has 2 aromatic carbocycles. The van der Waals surface area contributed by atoms with Gasteiger partial charge in [0.05, 0.1) is 6.57 Å². The highest BCUT2D eigenvalue weighted by Gasteiger charge is 2.12. The minimum Gasteiger partial charge on any atom is -0.370 e. The monoisotopic (exact) mass is 320 g/mol. The Kier molecular flexibility index (Phi) is 3.79. The minimum absolute atomic E-state index is 0.267. The molecular weight excluding hydrogens is 308 g/mol. The molecule has 0 bridgehead atoms. The van der Waals surface area contributed by atoms with Crippen LogP contribution in [0.4, 0.5) is 5.00 Å². The molecule has 0 aliphatic rings. The van der Waals surface area contributed by atoms with E-state index in [0.717, 1.165) is 21.9 Å². The van der Waals surface area contributed by atoms with Gasteiger partial charge in [-0.15, -0.1) is 0 Å². The smallest absolute Gasteiger partial charge is 0.280 e. The van der Waals surface area contributed by atoms with Crippen molar-refractivity contribution in [2.45, 2.75) is 0 Å². The molecule has 3 rings (SSSR count). The van der Waals surface area contributed by atoms with E-state index in [1.807, 2.05) is 35.7 Å². The van der Waals surface area contributed by atoms with Crippen molar-refractivity contribution in [3.05, 3.63) is 64.8 Å². The average Bonchev–Trinajstić information content (AvgIpc) is 3.01. The lowest BCUT2D eigenvalue weighted by Crippen LogP contribution is -2.24. The van der Waals surface area contributed by atoms with Gasteiger partial charge in [0.25, 0.3) is 5.91 Å². The third-order valence-corrected chi connectivity index (χ3v) is 4.20. The Bertz CT molecular complexity index is 978. The zero-order valence-electron chi connectivity index (χ0n) is 12.0. The molecule has 0 radical (unpaired) electrons.